The van der Waals surface area contributed by atoms with Crippen LogP contribution in [0.3, 0.4) is 0 Å². The van der Waals surface area contributed by atoms with Gasteiger partial charge in [-0.15, -0.1) is 0 Å². The lowest BCUT2D eigenvalue weighted by Gasteiger charge is -2.33. The standard InChI is InChI=1S/C15H18BrN3O2/c1-18-5-7-19(8-6-18)15(20)14-10-13(17-21-14)11-3-2-4-12(16)9-11/h2-4,9,14H,5-8,10H2,1H3. The minimum absolute atomic E-state index is 0.0526. The van der Waals surface area contributed by atoms with Gasteiger partial charge in [0.05, 0.1) is 5.71 Å². The van der Waals surface area contributed by atoms with Gasteiger partial charge in [-0.25, -0.2) is 0 Å². The molecular weight excluding hydrogens is 334 g/mol. The normalized spacial score (nSPS) is 22.9. The van der Waals surface area contributed by atoms with Crippen LogP contribution < -0.4 is 0 Å². The van der Waals surface area contributed by atoms with Crippen LogP contribution in [0.1, 0.15) is 12.0 Å². The maximum Gasteiger partial charge on any atom is 0.266 e. The first-order valence-corrected chi connectivity index (χ1v) is 7.89. The summed E-state index contributed by atoms with van der Waals surface area (Å²) in [5.74, 6) is 0.0526. The molecule has 0 radical (unpaired) electrons. The maximum atomic E-state index is 12.5. The summed E-state index contributed by atoms with van der Waals surface area (Å²) in [5.41, 5.74) is 1.84. The van der Waals surface area contributed by atoms with E-state index in [-0.39, 0.29) is 5.91 Å². The molecule has 3 rings (SSSR count). The highest BCUT2D eigenvalue weighted by molar-refractivity contribution is 9.10. The molecule has 1 atom stereocenters. The van der Waals surface area contributed by atoms with Crippen LogP contribution in [-0.4, -0.2) is 60.7 Å². The van der Waals surface area contributed by atoms with Gasteiger partial charge < -0.3 is 14.6 Å². The molecule has 0 saturated carbocycles. The van der Waals surface area contributed by atoms with Crippen molar-refractivity contribution in [1.29, 1.82) is 0 Å². The van der Waals surface area contributed by atoms with E-state index in [2.05, 4.69) is 33.0 Å². The van der Waals surface area contributed by atoms with Gasteiger partial charge in [-0.2, -0.15) is 0 Å². The van der Waals surface area contributed by atoms with Gasteiger partial charge in [-0.1, -0.05) is 33.2 Å². The Balaban J connectivity index is 1.62. The van der Waals surface area contributed by atoms with E-state index in [1.807, 2.05) is 29.2 Å². The molecule has 1 fully saturated rings. The van der Waals surface area contributed by atoms with Crippen molar-refractivity contribution >= 4 is 27.5 Å². The van der Waals surface area contributed by atoms with Crippen molar-refractivity contribution in [3.63, 3.8) is 0 Å². The van der Waals surface area contributed by atoms with E-state index in [9.17, 15) is 4.79 Å². The molecule has 1 saturated heterocycles. The number of amides is 1. The topological polar surface area (TPSA) is 45.1 Å². The third-order valence-electron chi connectivity index (χ3n) is 3.92. The molecule has 1 aromatic rings. The lowest BCUT2D eigenvalue weighted by molar-refractivity contribution is -0.143. The fourth-order valence-electron chi connectivity index (χ4n) is 2.58. The van der Waals surface area contributed by atoms with Crippen LogP contribution in [0.15, 0.2) is 33.9 Å². The highest BCUT2D eigenvalue weighted by atomic mass is 79.9. The highest BCUT2D eigenvalue weighted by Gasteiger charge is 2.33. The monoisotopic (exact) mass is 351 g/mol. The number of nitrogens with zero attached hydrogens (tertiary/aromatic N) is 3. The number of carbonyl (C=O) groups is 1. The number of hydrogen-bond donors (Lipinski definition) is 0. The number of oxime groups is 1. The molecule has 0 aliphatic carbocycles. The first-order valence-electron chi connectivity index (χ1n) is 7.09. The fraction of sp³-hybridized carbons (Fsp3) is 0.467. The van der Waals surface area contributed by atoms with Crippen LogP contribution in [0.5, 0.6) is 0 Å². The molecule has 2 heterocycles. The lowest BCUT2D eigenvalue weighted by Crippen LogP contribution is -2.50. The maximum absolute atomic E-state index is 12.5. The van der Waals surface area contributed by atoms with Gasteiger partial charge in [-0.05, 0) is 19.2 Å². The molecule has 0 N–H and O–H groups in total. The molecule has 1 amide bonds. The lowest BCUT2D eigenvalue weighted by atomic mass is 10.0. The molecule has 0 bridgehead atoms. The summed E-state index contributed by atoms with van der Waals surface area (Å²) in [7, 11) is 2.07. The number of hydrogen-bond acceptors (Lipinski definition) is 4. The highest BCUT2D eigenvalue weighted by Crippen LogP contribution is 2.21. The minimum atomic E-state index is -0.470. The van der Waals surface area contributed by atoms with Crippen LogP contribution in [0.2, 0.25) is 0 Å². The van der Waals surface area contributed by atoms with E-state index in [1.54, 1.807) is 0 Å². The smallest absolute Gasteiger partial charge is 0.266 e. The second-order valence-electron chi connectivity index (χ2n) is 5.48. The largest absolute Gasteiger partial charge is 0.382 e. The molecule has 112 valence electrons. The SMILES string of the molecule is CN1CCN(C(=O)C2CC(c3cccc(Br)c3)=NO2)CC1. The van der Waals surface area contributed by atoms with Crippen LogP contribution in [0.25, 0.3) is 0 Å². The van der Waals surface area contributed by atoms with Crippen LogP contribution in [0, 0.1) is 0 Å². The second-order valence-corrected chi connectivity index (χ2v) is 6.39. The molecule has 5 nitrogen and oxygen atoms in total. The first kappa shape index (κ1) is 14.5. The van der Waals surface area contributed by atoms with Crippen molar-refractivity contribution in [2.24, 2.45) is 5.16 Å². The van der Waals surface area contributed by atoms with E-state index >= 15 is 0 Å². The predicted octanol–water partition coefficient (Wildman–Crippen LogP) is 1.72. The summed E-state index contributed by atoms with van der Waals surface area (Å²) < 4.78 is 0.997. The molecule has 21 heavy (non-hydrogen) atoms. The number of carbonyl (C=O) groups excluding carboxylic acids is 1. The average Bonchev–Trinajstić information content (AvgIpc) is 2.97. The summed E-state index contributed by atoms with van der Waals surface area (Å²) in [6.45, 7) is 3.36. The number of rotatable bonds is 2. The Morgan fingerprint density at radius 1 is 1.33 bits per heavy atom. The van der Waals surface area contributed by atoms with E-state index < -0.39 is 6.10 Å². The van der Waals surface area contributed by atoms with Gasteiger partial charge in [0.15, 0.2) is 0 Å². The van der Waals surface area contributed by atoms with E-state index in [0.717, 1.165) is 41.9 Å². The zero-order valence-electron chi connectivity index (χ0n) is 12.0. The van der Waals surface area contributed by atoms with E-state index in [1.165, 1.54) is 0 Å². The predicted molar refractivity (Wildman–Crippen MR) is 84.2 cm³/mol. The second kappa shape index (κ2) is 6.15. The Kier molecular flexibility index (Phi) is 4.26. The number of benzene rings is 1. The Morgan fingerprint density at radius 3 is 2.81 bits per heavy atom. The van der Waals surface area contributed by atoms with Crippen molar-refractivity contribution in [3.05, 3.63) is 34.3 Å². The van der Waals surface area contributed by atoms with Gasteiger partial charge in [0.25, 0.3) is 5.91 Å². The van der Waals surface area contributed by atoms with Crippen molar-refractivity contribution in [2.75, 3.05) is 33.2 Å². The van der Waals surface area contributed by atoms with Crippen molar-refractivity contribution < 1.29 is 9.63 Å². The van der Waals surface area contributed by atoms with Gasteiger partial charge in [0.1, 0.15) is 0 Å². The zero-order chi connectivity index (χ0) is 14.8. The third-order valence-corrected chi connectivity index (χ3v) is 4.41. The number of halogens is 1. The van der Waals surface area contributed by atoms with Crippen molar-refractivity contribution in [2.45, 2.75) is 12.5 Å². The molecular formula is C15H18BrN3O2. The fourth-order valence-corrected chi connectivity index (χ4v) is 2.98. The number of likely N-dealkylation sites (N-methyl/N-ethyl adjacent to an activating group) is 1. The first-order chi connectivity index (χ1) is 10.1. The van der Waals surface area contributed by atoms with E-state index in [0.29, 0.717) is 6.42 Å². The Morgan fingerprint density at radius 2 is 2.10 bits per heavy atom. The van der Waals surface area contributed by atoms with Gasteiger partial charge in [0.2, 0.25) is 6.10 Å². The third kappa shape index (κ3) is 3.27. The Labute approximate surface area is 132 Å². The minimum Gasteiger partial charge on any atom is -0.382 e. The zero-order valence-corrected chi connectivity index (χ0v) is 13.5. The van der Waals surface area contributed by atoms with Crippen LogP contribution in [-0.2, 0) is 9.63 Å². The average molecular weight is 352 g/mol. The Hall–Kier alpha value is -1.40. The molecule has 1 unspecified atom stereocenters. The van der Waals surface area contributed by atoms with Gasteiger partial charge in [0, 0.05) is 42.6 Å². The summed E-state index contributed by atoms with van der Waals surface area (Å²) in [6, 6.07) is 7.89. The van der Waals surface area contributed by atoms with E-state index in [4.69, 9.17) is 4.84 Å². The summed E-state index contributed by atoms with van der Waals surface area (Å²) >= 11 is 3.45. The van der Waals surface area contributed by atoms with Crippen molar-refractivity contribution in [1.82, 2.24) is 9.80 Å². The number of piperazine rings is 1. The van der Waals surface area contributed by atoms with Gasteiger partial charge in [-0.3, -0.25) is 4.79 Å². The molecule has 6 heteroatoms. The summed E-state index contributed by atoms with van der Waals surface area (Å²) in [5, 5.41) is 4.10. The van der Waals surface area contributed by atoms with Crippen LogP contribution in [0.4, 0.5) is 0 Å². The summed E-state index contributed by atoms with van der Waals surface area (Å²) in [4.78, 5) is 21.9. The molecule has 0 aromatic heterocycles. The molecule has 0 spiro atoms. The van der Waals surface area contributed by atoms with Gasteiger partial charge >= 0.3 is 0 Å². The Bertz CT molecular complexity index is 568. The van der Waals surface area contributed by atoms with Crippen molar-refractivity contribution in [3.8, 4) is 0 Å². The molecule has 2 aliphatic heterocycles. The molecule has 2 aliphatic rings. The molecule has 1 aromatic carbocycles. The van der Waals surface area contributed by atoms with Crippen LogP contribution >= 0.6 is 15.9 Å². The quantitative estimate of drug-likeness (QED) is 0.814. The summed E-state index contributed by atoms with van der Waals surface area (Å²) in [6.07, 6.45) is 0.0733.